The molecule has 2 saturated heterocycles. The molecule has 2 aromatic rings. The highest BCUT2D eigenvalue weighted by Crippen LogP contribution is 2.29. The molecule has 2 fully saturated rings. The molecular weight excluding hydrogens is 361 g/mol. The first-order valence-electron chi connectivity index (χ1n) is 8.20. The van der Waals surface area contributed by atoms with Gasteiger partial charge in [0.05, 0.1) is 0 Å². The Morgan fingerprint density at radius 1 is 1.24 bits per heavy atom. The van der Waals surface area contributed by atoms with Crippen molar-refractivity contribution in [3.63, 3.8) is 0 Å². The molecule has 0 spiro atoms. The minimum Gasteiger partial charge on any atom is -0.339 e. The average Bonchev–Trinajstić information content (AvgIpc) is 3.23. The Morgan fingerprint density at radius 2 is 1.96 bits per heavy atom. The van der Waals surface area contributed by atoms with Crippen molar-refractivity contribution in [3.8, 4) is 5.82 Å². The maximum absolute atomic E-state index is 12.8. The topological polar surface area (TPSA) is 63.1 Å². The second-order valence-electron chi connectivity index (χ2n) is 6.53. The fourth-order valence-corrected chi connectivity index (χ4v) is 3.79. The van der Waals surface area contributed by atoms with Gasteiger partial charge in [-0.1, -0.05) is 0 Å². The number of hydrogen-bond acceptors (Lipinski definition) is 4. The van der Waals surface area contributed by atoms with E-state index in [2.05, 4.69) is 15.4 Å². The maximum Gasteiger partial charge on any atom is 0.254 e. The van der Waals surface area contributed by atoms with Crippen LogP contribution in [-0.2, 0) is 0 Å². The third-order valence-electron chi connectivity index (χ3n) is 5.05. The summed E-state index contributed by atoms with van der Waals surface area (Å²) >= 11 is 0. The minimum atomic E-state index is 0. The molecule has 0 saturated carbocycles. The number of hydrogen-bond donors (Lipinski definition) is 1. The van der Waals surface area contributed by atoms with E-state index >= 15 is 0 Å². The first kappa shape index (κ1) is 19.7. The molecule has 136 valence electrons. The van der Waals surface area contributed by atoms with Gasteiger partial charge in [-0.2, -0.15) is 5.10 Å². The Kier molecular flexibility index (Phi) is 6.43. The van der Waals surface area contributed by atoms with Crippen molar-refractivity contribution in [1.29, 1.82) is 0 Å². The van der Waals surface area contributed by atoms with Crippen LogP contribution < -0.4 is 5.32 Å². The number of fused-ring (bicyclic) bond motifs is 2. The maximum atomic E-state index is 12.8. The largest absolute Gasteiger partial charge is 0.339 e. The van der Waals surface area contributed by atoms with E-state index in [-0.39, 0.29) is 30.7 Å². The van der Waals surface area contributed by atoms with Crippen LogP contribution in [0, 0.1) is 0 Å². The van der Waals surface area contributed by atoms with Gasteiger partial charge < -0.3 is 10.2 Å². The molecule has 0 aliphatic carbocycles. The number of carbonyl (C=O) groups excluding carboxylic acids is 1. The van der Waals surface area contributed by atoms with Gasteiger partial charge in [0.15, 0.2) is 5.82 Å². The van der Waals surface area contributed by atoms with Crippen molar-refractivity contribution < 1.29 is 4.79 Å². The number of carbonyl (C=O) groups is 1. The zero-order chi connectivity index (χ0) is 15.8. The number of aromatic nitrogens is 3. The molecule has 4 rings (SSSR count). The van der Waals surface area contributed by atoms with Gasteiger partial charge >= 0.3 is 0 Å². The van der Waals surface area contributed by atoms with E-state index in [1.165, 1.54) is 12.8 Å². The number of piperidine rings is 1. The molecule has 2 atom stereocenters. The number of rotatable bonds is 3. The van der Waals surface area contributed by atoms with E-state index in [4.69, 9.17) is 0 Å². The van der Waals surface area contributed by atoms with Gasteiger partial charge in [0.2, 0.25) is 0 Å². The van der Waals surface area contributed by atoms with Crippen LogP contribution in [0.2, 0.25) is 0 Å². The molecule has 2 unspecified atom stereocenters. The lowest BCUT2D eigenvalue weighted by molar-refractivity contribution is 0.0681. The predicted octanol–water partition coefficient (Wildman–Crippen LogP) is 2.47. The molecule has 2 aromatic heterocycles. The quantitative estimate of drug-likeness (QED) is 0.883. The van der Waals surface area contributed by atoms with Gasteiger partial charge in [-0.3, -0.25) is 4.79 Å². The van der Waals surface area contributed by atoms with Crippen molar-refractivity contribution in [2.45, 2.75) is 43.8 Å². The van der Waals surface area contributed by atoms with Crippen LogP contribution >= 0.6 is 24.8 Å². The molecule has 8 heteroatoms. The van der Waals surface area contributed by atoms with Gasteiger partial charge in [0.25, 0.3) is 5.91 Å². The number of nitrogens with zero attached hydrogens (tertiary/aromatic N) is 4. The van der Waals surface area contributed by atoms with Gasteiger partial charge in [-0.25, -0.2) is 9.67 Å². The van der Waals surface area contributed by atoms with Gasteiger partial charge in [-0.05, 0) is 43.9 Å². The second-order valence-corrected chi connectivity index (χ2v) is 6.53. The van der Waals surface area contributed by atoms with Crippen LogP contribution in [-0.4, -0.2) is 50.7 Å². The first-order valence-corrected chi connectivity index (χ1v) is 8.20. The van der Waals surface area contributed by atoms with Crippen molar-refractivity contribution >= 4 is 30.7 Å². The summed E-state index contributed by atoms with van der Waals surface area (Å²) in [5.41, 5.74) is 0.666. The van der Waals surface area contributed by atoms with Crippen molar-refractivity contribution in [1.82, 2.24) is 25.0 Å². The highest BCUT2D eigenvalue weighted by atomic mass is 35.5. The molecule has 1 amide bonds. The summed E-state index contributed by atoms with van der Waals surface area (Å²) in [6.45, 7) is 0. The average molecular weight is 384 g/mol. The molecule has 2 bridgehead atoms. The molecule has 2 aliphatic rings. The Labute approximate surface area is 159 Å². The smallest absolute Gasteiger partial charge is 0.254 e. The van der Waals surface area contributed by atoms with Crippen LogP contribution in [0.15, 0.2) is 36.8 Å². The third-order valence-corrected chi connectivity index (χ3v) is 5.05. The summed E-state index contributed by atoms with van der Waals surface area (Å²) in [5.74, 6) is 0.728. The monoisotopic (exact) mass is 383 g/mol. The SMILES string of the molecule is CN(C(=O)c1ccnc(-n2cccn2)c1)C1CC2CCC(C1)N2.Cl.Cl. The zero-order valence-corrected chi connectivity index (χ0v) is 15.7. The Hall–Kier alpha value is -1.63. The van der Waals surface area contributed by atoms with Gasteiger partial charge in [-0.15, -0.1) is 24.8 Å². The van der Waals surface area contributed by atoms with E-state index in [1.807, 2.05) is 30.3 Å². The van der Waals surface area contributed by atoms with E-state index < -0.39 is 0 Å². The lowest BCUT2D eigenvalue weighted by atomic mass is 9.98. The molecule has 1 N–H and O–H groups in total. The molecule has 4 heterocycles. The van der Waals surface area contributed by atoms with E-state index in [9.17, 15) is 4.79 Å². The predicted molar refractivity (Wildman–Crippen MR) is 101 cm³/mol. The second kappa shape index (κ2) is 8.17. The number of halogens is 2. The van der Waals surface area contributed by atoms with Gasteiger partial charge in [0.1, 0.15) is 0 Å². The standard InChI is InChI=1S/C17H21N5O.2ClH/c1-21(15-10-13-3-4-14(11-15)20-13)17(23)12-5-7-18-16(9-12)22-8-2-6-19-22;;/h2,5-9,13-15,20H,3-4,10-11H2,1H3;2*1H. The molecular formula is C17H23Cl2N5O. The molecule has 2 aliphatic heterocycles. The summed E-state index contributed by atoms with van der Waals surface area (Å²) < 4.78 is 1.67. The van der Waals surface area contributed by atoms with Crippen LogP contribution in [0.3, 0.4) is 0 Å². The highest BCUT2D eigenvalue weighted by molar-refractivity contribution is 5.94. The first-order chi connectivity index (χ1) is 11.2. The fourth-order valence-electron chi connectivity index (χ4n) is 3.79. The van der Waals surface area contributed by atoms with Crippen molar-refractivity contribution in [3.05, 3.63) is 42.4 Å². The summed E-state index contributed by atoms with van der Waals surface area (Å²) in [5, 5.41) is 7.79. The van der Waals surface area contributed by atoms with Crippen LogP contribution in [0.25, 0.3) is 5.82 Å². The molecule has 6 nitrogen and oxygen atoms in total. The lowest BCUT2D eigenvalue weighted by Crippen LogP contribution is -2.48. The highest BCUT2D eigenvalue weighted by Gasteiger charge is 2.36. The zero-order valence-electron chi connectivity index (χ0n) is 14.0. The van der Waals surface area contributed by atoms with Crippen molar-refractivity contribution in [2.75, 3.05) is 7.05 Å². The third kappa shape index (κ3) is 3.97. The van der Waals surface area contributed by atoms with Crippen LogP contribution in [0.5, 0.6) is 0 Å². The van der Waals surface area contributed by atoms with E-state index in [0.29, 0.717) is 29.5 Å². The molecule has 25 heavy (non-hydrogen) atoms. The van der Waals surface area contributed by atoms with Crippen LogP contribution in [0.1, 0.15) is 36.0 Å². The molecule has 0 radical (unpaired) electrons. The Bertz CT molecular complexity index is 697. The number of nitrogens with one attached hydrogen (secondary N) is 1. The normalized spacial score (nSPS) is 24.1. The van der Waals surface area contributed by atoms with E-state index in [0.717, 1.165) is 12.8 Å². The Balaban J connectivity index is 0.00000113. The summed E-state index contributed by atoms with van der Waals surface area (Å²) in [6, 6.07) is 6.90. The molecule has 0 aromatic carbocycles. The summed E-state index contributed by atoms with van der Waals surface area (Å²) in [6.07, 6.45) is 9.78. The number of amides is 1. The van der Waals surface area contributed by atoms with E-state index in [1.54, 1.807) is 23.1 Å². The summed E-state index contributed by atoms with van der Waals surface area (Å²) in [7, 11) is 1.92. The fraction of sp³-hybridized carbons (Fsp3) is 0.471. The minimum absolute atomic E-state index is 0. The Morgan fingerprint density at radius 3 is 2.60 bits per heavy atom. The lowest BCUT2D eigenvalue weighted by Gasteiger charge is -2.35. The summed E-state index contributed by atoms with van der Waals surface area (Å²) in [4.78, 5) is 19.0. The van der Waals surface area contributed by atoms with Crippen LogP contribution in [0.4, 0.5) is 0 Å². The number of pyridine rings is 1. The van der Waals surface area contributed by atoms with Gasteiger partial charge in [0, 0.05) is 49.3 Å². The van der Waals surface area contributed by atoms with Crippen molar-refractivity contribution in [2.24, 2.45) is 0 Å².